The Morgan fingerprint density at radius 1 is 1.19 bits per heavy atom. The molecule has 2 amide bonds. The SMILES string of the molecule is CN(C)CCNC(=O)c1csc(=NC(=O)c2c[nH]c3ncccc23)n1Cc1ccccc1. The molecule has 0 radical (unpaired) electrons. The predicted octanol–water partition coefficient (Wildman–Crippen LogP) is 2.51. The summed E-state index contributed by atoms with van der Waals surface area (Å²) < 4.78 is 1.79. The second-order valence-electron chi connectivity index (χ2n) is 7.55. The van der Waals surface area contributed by atoms with Gasteiger partial charge in [0.05, 0.1) is 12.1 Å². The smallest absolute Gasteiger partial charge is 0.281 e. The Bertz CT molecular complexity index is 1300. The highest BCUT2D eigenvalue weighted by Crippen LogP contribution is 2.16. The molecule has 0 spiro atoms. The predicted molar refractivity (Wildman–Crippen MR) is 125 cm³/mol. The highest BCUT2D eigenvalue weighted by molar-refractivity contribution is 7.07. The average Bonchev–Trinajstić information content (AvgIpc) is 3.39. The first kappa shape index (κ1) is 21.7. The van der Waals surface area contributed by atoms with Gasteiger partial charge in [-0.25, -0.2) is 4.98 Å². The fourth-order valence-electron chi connectivity index (χ4n) is 3.28. The first-order chi connectivity index (χ1) is 15.5. The Hall–Kier alpha value is -3.56. The number of nitrogens with zero attached hydrogens (tertiary/aromatic N) is 4. The molecule has 4 aromatic rings. The first-order valence-electron chi connectivity index (χ1n) is 10.2. The third-order valence-electron chi connectivity index (χ3n) is 4.94. The molecular formula is C23H24N6O2S. The van der Waals surface area contributed by atoms with Crippen molar-refractivity contribution in [3.8, 4) is 0 Å². The van der Waals surface area contributed by atoms with Crippen LogP contribution in [0.5, 0.6) is 0 Å². The van der Waals surface area contributed by atoms with Crippen LogP contribution in [0.3, 0.4) is 0 Å². The monoisotopic (exact) mass is 448 g/mol. The van der Waals surface area contributed by atoms with E-state index in [-0.39, 0.29) is 11.8 Å². The number of aromatic nitrogens is 3. The highest BCUT2D eigenvalue weighted by atomic mass is 32.1. The topological polar surface area (TPSA) is 95.4 Å². The Morgan fingerprint density at radius 3 is 2.78 bits per heavy atom. The van der Waals surface area contributed by atoms with Crippen LogP contribution in [0.1, 0.15) is 26.4 Å². The molecule has 164 valence electrons. The molecule has 3 aromatic heterocycles. The molecule has 0 fully saturated rings. The largest absolute Gasteiger partial charge is 0.349 e. The zero-order valence-electron chi connectivity index (χ0n) is 17.9. The molecule has 9 heteroatoms. The minimum atomic E-state index is -0.382. The van der Waals surface area contributed by atoms with Crippen LogP contribution in [0.15, 0.2) is 65.2 Å². The van der Waals surface area contributed by atoms with Gasteiger partial charge in [0.25, 0.3) is 11.8 Å². The lowest BCUT2D eigenvalue weighted by molar-refractivity contribution is 0.0938. The van der Waals surface area contributed by atoms with E-state index >= 15 is 0 Å². The second kappa shape index (κ2) is 9.71. The molecule has 8 nitrogen and oxygen atoms in total. The van der Waals surface area contributed by atoms with E-state index < -0.39 is 0 Å². The van der Waals surface area contributed by atoms with Gasteiger partial charge in [-0.05, 0) is 31.8 Å². The number of thiazole rings is 1. The molecule has 32 heavy (non-hydrogen) atoms. The number of H-pyrrole nitrogens is 1. The van der Waals surface area contributed by atoms with E-state index in [1.54, 1.807) is 28.4 Å². The summed E-state index contributed by atoms with van der Waals surface area (Å²) in [5.74, 6) is -0.572. The Labute approximate surface area is 189 Å². The van der Waals surface area contributed by atoms with Gasteiger partial charge in [-0.3, -0.25) is 9.59 Å². The molecule has 0 unspecified atom stereocenters. The fourth-order valence-corrected chi connectivity index (χ4v) is 4.16. The molecule has 0 aliphatic heterocycles. The van der Waals surface area contributed by atoms with E-state index in [2.05, 4.69) is 20.3 Å². The molecule has 0 saturated carbocycles. The Kier molecular flexibility index (Phi) is 6.58. The molecule has 0 saturated heterocycles. The Morgan fingerprint density at radius 2 is 2.00 bits per heavy atom. The molecular weight excluding hydrogens is 424 g/mol. The summed E-state index contributed by atoms with van der Waals surface area (Å²) in [5, 5.41) is 5.40. The highest BCUT2D eigenvalue weighted by Gasteiger charge is 2.17. The third-order valence-corrected chi connectivity index (χ3v) is 5.80. The number of carbonyl (C=O) groups is 2. The van der Waals surface area contributed by atoms with Gasteiger partial charge in [-0.2, -0.15) is 4.99 Å². The van der Waals surface area contributed by atoms with Crippen molar-refractivity contribution >= 4 is 34.2 Å². The van der Waals surface area contributed by atoms with Crippen LogP contribution in [0.2, 0.25) is 0 Å². The lowest BCUT2D eigenvalue weighted by Crippen LogP contribution is -2.34. The molecule has 3 heterocycles. The van der Waals surface area contributed by atoms with Crippen molar-refractivity contribution < 1.29 is 9.59 Å². The van der Waals surface area contributed by atoms with Crippen molar-refractivity contribution in [1.82, 2.24) is 24.8 Å². The summed E-state index contributed by atoms with van der Waals surface area (Å²) in [6.07, 6.45) is 3.28. The summed E-state index contributed by atoms with van der Waals surface area (Å²) in [7, 11) is 3.91. The number of rotatable bonds is 7. The van der Waals surface area contributed by atoms with Crippen molar-refractivity contribution in [1.29, 1.82) is 0 Å². The zero-order valence-corrected chi connectivity index (χ0v) is 18.7. The molecule has 4 rings (SSSR count). The van der Waals surface area contributed by atoms with Gasteiger partial charge < -0.3 is 19.8 Å². The van der Waals surface area contributed by atoms with Crippen LogP contribution in [-0.4, -0.2) is 58.4 Å². The Balaban J connectivity index is 1.70. The number of amides is 2. The number of likely N-dealkylation sites (N-methyl/N-ethyl adjacent to an activating group) is 1. The first-order valence-corrected chi connectivity index (χ1v) is 11.1. The molecule has 0 aliphatic carbocycles. The molecule has 0 atom stereocenters. The van der Waals surface area contributed by atoms with Gasteiger partial charge in [0.1, 0.15) is 11.3 Å². The number of nitrogens with one attached hydrogen (secondary N) is 2. The van der Waals surface area contributed by atoms with E-state index in [4.69, 9.17) is 0 Å². The number of carbonyl (C=O) groups excluding carboxylic acids is 2. The van der Waals surface area contributed by atoms with Gasteiger partial charge in [0.2, 0.25) is 0 Å². The van der Waals surface area contributed by atoms with Crippen LogP contribution in [-0.2, 0) is 6.54 Å². The summed E-state index contributed by atoms with van der Waals surface area (Å²) >= 11 is 1.27. The third kappa shape index (κ3) is 4.84. The molecule has 1 aromatic carbocycles. The van der Waals surface area contributed by atoms with E-state index in [0.29, 0.717) is 40.2 Å². The molecule has 0 aliphatic rings. The summed E-state index contributed by atoms with van der Waals surface area (Å²) in [5.41, 5.74) is 2.57. The lowest BCUT2D eigenvalue weighted by Gasteiger charge is -2.12. The number of hydrogen-bond acceptors (Lipinski definition) is 5. The maximum Gasteiger partial charge on any atom is 0.281 e. The maximum absolute atomic E-state index is 13.0. The maximum atomic E-state index is 13.0. The normalized spacial score (nSPS) is 11.9. The van der Waals surface area contributed by atoms with Crippen molar-refractivity contribution in [2.45, 2.75) is 6.54 Å². The van der Waals surface area contributed by atoms with Gasteiger partial charge >= 0.3 is 0 Å². The number of aromatic amines is 1. The van der Waals surface area contributed by atoms with E-state index in [0.717, 1.165) is 12.1 Å². The minimum Gasteiger partial charge on any atom is -0.349 e. The number of fused-ring (bicyclic) bond motifs is 1. The van der Waals surface area contributed by atoms with Crippen LogP contribution < -0.4 is 10.1 Å². The number of benzene rings is 1. The lowest BCUT2D eigenvalue weighted by atomic mass is 10.2. The summed E-state index contributed by atoms with van der Waals surface area (Å²) in [6.45, 7) is 1.70. The van der Waals surface area contributed by atoms with Crippen molar-refractivity contribution in [2.75, 3.05) is 27.2 Å². The average molecular weight is 449 g/mol. The van der Waals surface area contributed by atoms with Gasteiger partial charge in [-0.15, -0.1) is 11.3 Å². The summed E-state index contributed by atoms with van der Waals surface area (Å²) in [6, 6.07) is 13.4. The van der Waals surface area contributed by atoms with Crippen molar-refractivity contribution in [2.24, 2.45) is 4.99 Å². The van der Waals surface area contributed by atoms with E-state index in [1.165, 1.54) is 11.3 Å². The van der Waals surface area contributed by atoms with Crippen molar-refractivity contribution in [3.63, 3.8) is 0 Å². The minimum absolute atomic E-state index is 0.191. The molecule has 0 bridgehead atoms. The van der Waals surface area contributed by atoms with Gasteiger partial charge in [-0.1, -0.05) is 30.3 Å². The van der Waals surface area contributed by atoms with Gasteiger partial charge in [0, 0.05) is 36.2 Å². The fraction of sp³-hybridized carbons (Fsp3) is 0.217. The molecule has 2 N–H and O–H groups in total. The van der Waals surface area contributed by atoms with E-state index in [1.807, 2.05) is 55.4 Å². The van der Waals surface area contributed by atoms with Crippen LogP contribution >= 0.6 is 11.3 Å². The summed E-state index contributed by atoms with van der Waals surface area (Å²) in [4.78, 5) is 39.9. The van der Waals surface area contributed by atoms with E-state index in [9.17, 15) is 9.59 Å². The van der Waals surface area contributed by atoms with Crippen molar-refractivity contribution in [3.05, 3.63) is 81.9 Å². The van der Waals surface area contributed by atoms with Crippen LogP contribution in [0.4, 0.5) is 0 Å². The van der Waals surface area contributed by atoms with Gasteiger partial charge in [0.15, 0.2) is 4.80 Å². The zero-order chi connectivity index (χ0) is 22.5. The number of hydrogen-bond donors (Lipinski definition) is 2. The second-order valence-corrected chi connectivity index (χ2v) is 8.39. The van der Waals surface area contributed by atoms with Crippen LogP contribution in [0.25, 0.3) is 11.0 Å². The number of pyridine rings is 1. The standard InChI is InChI=1S/C23H24N6O2S/c1-28(2)12-11-25-22(31)19-15-32-23(29(19)14-16-7-4-3-5-8-16)27-21(30)18-13-26-20-17(18)9-6-10-24-20/h3-10,13,15H,11-12,14H2,1-2H3,(H,24,26)(H,25,31). The van der Waals surface area contributed by atoms with Crippen LogP contribution in [0, 0.1) is 0 Å². The quantitative estimate of drug-likeness (QED) is 0.454.